The zero-order chi connectivity index (χ0) is 21.3. The first kappa shape index (κ1) is 20.9. The van der Waals surface area contributed by atoms with E-state index in [0.717, 1.165) is 0 Å². The number of nitrogens with zero attached hydrogens (tertiary/aromatic N) is 2. The first-order valence-electron chi connectivity index (χ1n) is 8.44. The molecule has 154 valence electrons. The molecule has 2 amide bonds. The zero-order valence-electron chi connectivity index (χ0n) is 15.6. The molecule has 3 rings (SSSR count). The van der Waals surface area contributed by atoms with Gasteiger partial charge in [-0.25, -0.2) is 9.48 Å². The van der Waals surface area contributed by atoms with E-state index in [-0.39, 0.29) is 38.8 Å². The van der Waals surface area contributed by atoms with Crippen LogP contribution in [0.1, 0.15) is 25.3 Å². The van der Waals surface area contributed by atoms with Crippen LogP contribution in [0, 0.1) is 0 Å². The number of carbonyl (C=O) groups is 2. The van der Waals surface area contributed by atoms with Crippen molar-refractivity contribution in [1.29, 1.82) is 0 Å². The molecule has 0 aliphatic carbocycles. The van der Waals surface area contributed by atoms with E-state index in [0.29, 0.717) is 5.56 Å². The van der Waals surface area contributed by atoms with Gasteiger partial charge in [-0.3, -0.25) is 14.9 Å². The molecule has 1 aromatic carbocycles. The fourth-order valence-corrected chi connectivity index (χ4v) is 3.09. The molecule has 1 saturated heterocycles. The Hall–Kier alpha value is -2.82. The van der Waals surface area contributed by atoms with E-state index in [9.17, 15) is 14.4 Å². The highest BCUT2D eigenvalue weighted by Crippen LogP contribution is 2.38. The fourth-order valence-electron chi connectivity index (χ4n) is 2.52. The number of carbonyl (C=O) groups excluding carboxylic acids is 2. The number of aromatic nitrogens is 2. The molecule has 2 heterocycles. The number of ether oxygens (including phenoxy) is 1. The number of hydrogen-bond donors (Lipinski definition) is 3. The quantitative estimate of drug-likeness (QED) is 0.650. The smallest absolute Gasteiger partial charge is 0.427 e. The van der Waals surface area contributed by atoms with Gasteiger partial charge in [0.2, 0.25) is 5.88 Å². The highest BCUT2D eigenvalue weighted by molar-refractivity contribution is 6.37. The molecule has 1 atom stereocenters. The summed E-state index contributed by atoms with van der Waals surface area (Å²) in [5.74, 6) is -0.358. The van der Waals surface area contributed by atoms with Crippen molar-refractivity contribution in [2.75, 3.05) is 5.32 Å². The molecule has 0 saturated carbocycles. The summed E-state index contributed by atoms with van der Waals surface area (Å²) in [6, 6.07) is 4.37. The Bertz CT molecular complexity index is 1020. The van der Waals surface area contributed by atoms with Crippen molar-refractivity contribution in [2.24, 2.45) is 7.05 Å². The third-order valence-electron chi connectivity index (χ3n) is 3.96. The molecule has 1 unspecified atom stereocenters. The average molecular weight is 442 g/mol. The average Bonchev–Trinajstić information content (AvgIpc) is 3.07. The van der Waals surface area contributed by atoms with Crippen molar-refractivity contribution < 1.29 is 19.2 Å². The Morgan fingerprint density at radius 1 is 1.28 bits per heavy atom. The van der Waals surface area contributed by atoms with E-state index >= 15 is 0 Å². The largest absolute Gasteiger partial charge is 0.434 e. The van der Waals surface area contributed by atoms with E-state index in [1.54, 1.807) is 0 Å². The second-order valence-electron chi connectivity index (χ2n) is 6.47. The lowest BCUT2D eigenvalue weighted by Crippen LogP contribution is -2.43. The SMILES string of the molecule is CC(C)c1cc(Oc2c(Cl)cc(NC(=O)C3NOC(=O)N3)cc2Cl)nn(C)c1=O. The van der Waals surface area contributed by atoms with Gasteiger partial charge in [0.15, 0.2) is 11.9 Å². The molecule has 29 heavy (non-hydrogen) atoms. The Labute approximate surface area is 175 Å². The molecule has 2 aromatic rings. The van der Waals surface area contributed by atoms with Crippen LogP contribution < -0.4 is 26.4 Å². The maximum atomic E-state index is 12.1. The first-order chi connectivity index (χ1) is 13.7. The van der Waals surface area contributed by atoms with Crippen LogP contribution in [0.5, 0.6) is 11.6 Å². The number of benzene rings is 1. The number of amides is 2. The van der Waals surface area contributed by atoms with E-state index < -0.39 is 18.2 Å². The summed E-state index contributed by atoms with van der Waals surface area (Å²) in [5, 5.41) is 9.06. The molecule has 0 bridgehead atoms. The van der Waals surface area contributed by atoms with E-state index in [1.165, 1.54) is 29.9 Å². The number of anilines is 1. The summed E-state index contributed by atoms with van der Waals surface area (Å²) in [7, 11) is 1.52. The van der Waals surface area contributed by atoms with Crippen LogP contribution in [0.25, 0.3) is 0 Å². The molecular weight excluding hydrogens is 425 g/mol. The number of nitrogens with one attached hydrogen (secondary N) is 3. The zero-order valence-corrected chi connectivity index (χ0v) is 17.1. The van der Waals surface area contributed by atoms with Crippen molar-refractivity contribution in [2.45, 2.75) is 25.9 Å². The van der Waals surface area contributed by atoms with Gasteiger partial charge in [-0.1, -0.05) is 37.0 Å². The summed E-state index contributed by atoms with van der Waals surface area (Å²) in [6.07, 6.45) is -1.82. The van der Waals surface area contributed by atoms with Gasteiger partial charge in [0.05, 0.1) is 10.0 Å². The predicted molar refractivity (Wildman–Crippen MR) is 105 cm³/mol. The van der Waals surface area contributed by atoms with Crippen LogP contribution in [0.15, 0.2) is 23.0 Å². The summed E-state index contributed by atoms with van der Waals surface area (Å²) in [5.41, 5.74) is 2.81. The maximum Gasteiger partial charge on any atom is 0.427 e. The standard InChI is InChI=1S/C17H17Cl2N5O5/c1-7(2)9-6-12(22-24(3)16(9)26)28-13-10(18)4-8(5-11(13)19)20-15(25)14-21-17(27)29-23-14/h4-7,14,23H,1-3H3,(H,20,25)(H,21,27). The second-order valence-corrected chi connectivity index (χ2v) is 7.28. The monoisotopic (exact) mass is 441 g/mol. The summed E-state index contributed by atoms with van der Waals surface area (Å²) in [4.78, 5) is 39.7. The molecule has 10 nitrogen and oxygen atoms in total. The van der Waals surface area contributed by atoms with Crippen molar-refractivity contribution in [3.8, 4) is 11.6 Å². The van der Waals surface area contributed by atoms with Gasteiger partial charge >= 0.3 is 6.09 Å². The highest BCUT2D eigenvalue weighted by Gasteiger charge is 2.29. The Morgan fingerprint density at radius 2 is 1.93 bits per heavy atom. The number of aryl methyl sites for hydroxylation is 1. The summed E-state index contributed by atoms with van der Waals surface area (Å²) < 4.78 is 6.88. The molecule has 0 spiro atoms. The van der Waals surface area contributed by atoms with Crippen LogP contribution in [0.2, 0.25) is 10.0 Å². The molecule has 1 fully saturated rings. The van der Waals surface area contributed by atoms with Gasteiger partial charge in [0.1, 0.15) is 0 Å². The van der Waals surface area contributed by atoms with E-state index in [4.69, 9.17) is 27.9 Å². The molecule has 1 aliphatic heterocycles. The van der Waals surface area contributed by atoms with Gasteiger partial charge in [0.25, 0.3) is 11.5 Å². The molecule has 3 N–H and O–H groups in total. The Morgan fingerprint density at radius 3 is 2.48 bits per heavy atom. The topological polar surface area (TPSA) is 124 Å². The van der Waals surface area contributed by atoms with Crippen LogP contribution in [0.3, 0.4) is 0 Å². The predicted octanol–water partition coefficient (Wildman–Crippen LogP) is 2.51. The third-order valence-corrected chi connectivity index (χ3v) is 4.52. The van der Waals surface area contributed by atoms with Crippen molar-refractivity contribution in [1.82, 2.24) is 20.6 Å². The molecule has 1 aromatic heterocycles. The van der Waals surface area contributed by atoms with Crippen LogP contribution in [-0.4, -0.2) is 27.9 Å². The van der Waals surface area contributed by atoms with Gasteiger partial charge in [-0.2, -0.15) is 0 Å². The van der Waals surface area contributed by atoms with Crippen molar-refractivity contribution in [3.05, 3.63) is 44.2 Å². The number of hydroxylamine groups is 1. The van der Waals surface area contributed by atoms with Gasteiger partial charge in [-0.15, -0.1) is 10.6 Å². The molecule has 0 radical (unpaired) electrons. The number of hydrogen-bond acceptors (Lipinski definition) is 7. The van der Waals surface area contributed by atoms with E-state index in [1.807, 2.05) is 13.8 Å². The Kier molecular flexibility index (Phi) is 5.96. The summed E-state index contributed by atoms with van der Waals surface area (Å²) in [6.45, 7) is 3.76. The second kappa shape index (κ2) is 8.27. The Balaban J connectivity index is 1.82. The summed E-state index contributed by atoms with van der Waals surface area (Å²) >= 11 is 12.5. The minimum absolute atomic E-state index is 0.0313. The van der Waals surface area contributed by atoms with Gasteiger partial charge in [0, 0.05) is 24.4 Å². The third kappa shape index (κ3) is 4.61. The van der Waals surface area contributed by atoms with Crippen LogP contribution >= 0.6 is 23.2 Å². The molecular formula is C17H17Cl2N5O5. The number of halogens is 2. The van der Waals surface area contributed by atoms with Gasteiger partial charge in [-0.05, 0) is 18.1 Å². The van der Waals surface area contributed by atoms with Crippen molar-refractivity contribution >= 4 is 40.9 Å². The highest BCUT2D eigenvalue weighted by atomic mass is 35.5. The lowest BCUT2D eigenvalue weighted by Gasteiger charge is -2.14. The lowest BCUT2D eigenvalue weighted by molar-refractivity contribution is -0.119. The van der Waals surface area contributed by atoms with Crippen molar-refractivity contribution in [3.63, 3.8) is 0 Å². The molecule has 1 aliphatic rings. The fraction of sp³-hybridized carbons (Fsp3) is 0.294. The normalized spacial score (nSPS) is 15.8. The van der Waals surface area contributed by atoms with Crippen LogP contribution in [-0.2, 0) is 16.7 Å². The minimum atomic E-state index is -1.06. The maximum absolute atomic E-state index is 12.1. The van der Waals surface area contributed by atoms with Gasteiger partial charge < -0.3 is 14.9 Å². The lowest BCUT2D eigenvalue weighted by atomic mass is 10.1. The minimum Gasteiger partial charge on any atom is -0.434 e. The first-order valence-corrected chi connectivity index (χ1v) is 9.20. The van der Waals surface area contributed by atoms with E-state index in [2.05, 4.69) is 26.0 Å². The van der Waals surface area contributed by atoms with Crippen LogP contribution in [0.4, 0.5) is 10.5 Å². The molecule has 12 heteroatoms. The number of rotatable bonds is 5.